The van der Waals surface area contributed by atoms with Gasteiger partial charge in [-0.3, -0.25) is 14.3 Å². The number of esters is 1. The third-order valence-electron chi connectivity index (χ3n) is 9.37. The molecule has 16 heteroatoms. The molecule has 45 heavy (non-hydrogen) atoms. The molecule has 254 valence electrons. The Morgan fingerprint density at radius 3 is 2.22 bits per heavy atom. The van der Waals surface area contributed by atoms with Crippen LogP contribution < -0.4 is 17.0 Å². The maximum atomic E-state index is 13.7. The van der Waals surface area contributed by atoms with Crippen LogP contribution in [0.5, 0.6) is 0 Å². The highest BCUT2D eigenvalue weighted by Crippen LogP contribution is 2.53. The van der Waals surface area contributed by atoms with Crippen molar-refractivity contribution in [2.75, 3.05) is 13.2 Å². The van der Waals surface area contributed by atoms with E-state index in [4.69, 9.17) is 28.2 Å². The zero-order valence-corrected chi connectivity index (χ0v) is 31.2. The second kappa shape index (κ2) is 12.4. The van der Waals surface area contributed by atoms with Crippen LogP contribution in [-0.2, 0) is 37.4 Å². The number of rotatable bonds is 9. The maximum Gasteiger partial charge on any atom is 0.330 e. The summed E-state index contributed by atoms with van der Waals surface area (Å²) in [5, 5.41) is -0.581. The molecule has 0 aliphatic carbocycles. The lowest BCUT2D eigenvalue weighted by Crippen LogP contribution is -2.59. The molecule has 3 N–H and O–H groups in total. The number of aromatic amines is 1. The number of carbonyl (C=O) groups is 1. The summed E-state index contributed by atoms with van der Waals surface area (Å²) in [4.78, 5) is 39.5. The van der Waals surface area contributed by atoms with Gasteiger partial charge in [-0.05, 0) is 56.2 Å². The molecule has 2 aliphatic heterocycles. The lowest BCUT2D eigenvalue weighted by atomic mass is 9.88. The summed E-state index contributed by atoms with van der Waals surface area (Å²) in [6.07, 6.45) is -0.428. The van der Waals surface area contributed by atoms with E-state index in [1.165, 1.54) is 17.7 Å². The normalized spacial score (nSPS) is 25.9. The first kappa shape index (κ1) is 37.1. The van der Waals surface area contributed by atoms with Crippen LogP contribution >= 0.6 is 0 Å². The lowest BCUT2D eigenvalue weighted by Gasteiger charge is -2.43. The van der Waals surface area contributed by atoms with E-state index in [0.29, 0.717) is 0 Å². The van der Waals surface area contributed by atoms with Crippen LogP contribution in [0.3, 0.4) is 0 Å². The first-order valence-electron chi connectivity index (χ1n) is 14.9. The molecule has 0 radical (unpaired) electrons. The Kier molecular flexibility index (Phi) is 10.2. The van der Waals surface area contributed by atoms with Crippen LogP contribution in [0, 0.1) is 6.92 Å². The number of nitrogens with one attached hydrogen (secondary N) is 1. The largest absolute Gasteiger partial charge is 0.463 e. The summed E-state index contributed by atoms with van der Waals surface area (Å²) in [6, 6.07) is 0. The molecule has 0 aromatic carbocycles. The summed E-state index contributed by atoms with van der Waals surface area (Å²) >= 11 is 0. The fourth-order valence-corrected chi connectivity index (χ4v) is 8.25. The number of carbonyl (C=O) groups excluding carboxylic acids is 1. The van der Waals surface area contributed by atoms with Gasteiger partial charge < -0.3 is 24.1 Å². The summed E-state index contributed by atoms with van der Waals surface area (Å²) in [7, 11) is -9.82. The van der Waals surface area contributed by atoms with Crippen molar-refractivity contribution in [2.24, 2.45) is 5.73 Å². The molecule has 1 spiro atoms. The predicted molar refractivity (Wildman–Crippen MR) is 175 cm³/mol. The molecule has 0 bridgehead atoms. The summed E-state index contributed by atoms with van der Waals surface area (Å²) in [6.45, 7) is 23.3. The van der Waals surface area contributed by atoms with Crippen molar-refractivity contribution >= 4 is 32.7 Å². The van der Waals surface area contributed by atoms with Crippen molar-refractivity contribution in [2.45, 2.75) is 116 Å². The van der Waals surface area contributed by atoms with Gasteiger partial charge in [0, 0.05) is 17.8 Å². The van der Waals surface area contributed by atoms with E-state index in [2.05, 4.69) is 25.8 Å². The van der Waals surface area contributed by atoms with E-state index in [-0.39, 0.29) is 34.6 Å². The predicted octanol–water partition coefficient (Wildman–Crippen LogP) is 3.54. The van der Waals surface area contributed by atoms with Crippen LogP contribution in [0.25, 0.3) is 0 Å². The van der Waals surface area contributed by atoms with Crippen molar-refractivity contribution in [3.63, 3.8) is 0 Å². The molecule has 0 amide bonds. The van der Waals surface area contributed by atoms with Gasteiger partial charge in [-0.15, -0.1) is 0 Å². The van der Waals surface area contributed by atoms with Gasteiger partial charge in [-0.25, -0.2) is 13.8 Å². The van der Waals surface area contributed by atoms with Gasteiger partial charge in [-0.1, -0.05) is 41.5 Å². The van der Waals surface area contributed by atoms with Gasteiger partial charge in [-0.2, -0.15) is 8.42 Å². The Bertz CT molecular complexity index is 1600. The average molecular weight is 688 g/mol. The van der Waals surface area contributed by atoms with Gasteiger partial charge in [0.15, 0.2) is 28.5 Å². The fraction of sp³-hybridized carbons (Fsp3) is 0.690. The first-order chi connectivity index (χ1) is 20.3. The van der Waals surface area contributed by atoms with E-state index in [9.17, 15) is 22.8 Å². The Balaban J connectivity index is 2.36. The molecule has 2 unspecified atom stereocenters. The number of hydrogen-bond acceptors (Lipinski definition) is 11. The molecule has 1 fully saturated rings. The maximum absolute atomic E-state index is 13.7. The van der Waals surface area contributed by atoms with Gasteiger partial charge in [0.2, 0.25) is 0 Å². The second-order valence-electron chi connectivity index (χ2n) is 14.6. The Morgan fingerprint density at radius 2 is 1.69 bits per heavy atom. The first-order valence-corrected chi connectivity index (χ1v) is 22.1. The minimum absolute atomic E-state index is 0.0863. The molecular formula is C29H49N3O10SSi2. The second-order valence-corrected chi connectivity index (χ2v) is 25.6. The molecule has 4 atom stereocenters. The molecule has 0 saturated carbocycles. The van der Waals surface area contributed by atoms with Crippen LogP contribution in [0.4, 0.5) is 0 Å². The number of ether oxygens (including phenoxy) is 2. The number of nitrogens with zero attached hydrogens (tertiary/aromatic N) is 1. The average Bonchev–Trinajstić information content (AvgIpc) is 3.26. The van der Waals surface area contributed by atoms with Crippen LogP contribution in [0.15, 0.2) is 38.5 Å². The highest BCUT2D eigenvalue weighted by atomic mass is 32.2. The molecule has 1 aromatic heterocycles. The topological polar surface area (TPSA) is 178 Å². The van der Waals surface area contributed by atoms with Crippen molar-refractivity contribution in [3.8, 4) is 0 Å². The standard InChI is InChI=1S/C29H49N3O10SSi2/c1-13-38-21(33)15-14-19-22(30)29(42-43(19,36)37)20(17-39-44(9,10)27(3,4)5)40-25(23(29)41-45(11,12)28(6,7)8)32-16-18(2)24(34)31-26(32)35/h14-16,20,23,25H,13,17,30H2,1-12H3,(H,31,34,35)/b15-14+/t20?,23-,25+,29?/m0/s1. The van der Waals surface area contributed by atoms with Crippen molar-refractivity contribution in [1.29, 1.82) is 0 Å². The summed E-state index contributed by atoms with van der Waals surface area (Å²) < 4.78 is 59.5. The minimum atomic E-state index is -4.58. The quantitative estimate of drug-likeness (QED) is 0.168. The van der Waals surface area contributed by atoms with E-state index >= 15 is 0 Å². The molecule has 1 aromatic rings. The van der Waals surface area contributed by atoms with E-state index < -0.39 is 72.9 Å². The van der Waals surface area contributed by atoms with Gasteiger partial charge >= 0.3 is 11.7 Å². The van der Waals surface area contributed by atoms with Crippen molar-refractivity contribution < 1.29 is 35.7 Å². The van der Waals surface area contributed by atoms with Crippen LogP contribution in [-0.4, -0.2) is 71.6 Å². The van der Waals surface area contributed by atoms with E-state index in [0.717, 1.165) is 12.2 Å². The number of H-pyrrole nitrogens is 1. The van der Waals surface area contributed by atoms with Crippen LogP contribution in [0.1, 0.15) is 60.3 Å². The zero-order chi connectivity index (χ0) is 34.6. The SMILES string of the molecule is CCOC(=O)/C=C/C1=C(N)C2(OS1(=O)=O)C(CO[Si](C)(C)C(C)(C)C)O[C@@H](n1cc(C)c(=O)[nH]c1=O)[C@@H]2O[Si](C)(C)C(C)(C)C. The molecule has 3 heterocycles. The monoisotopic (exact) mass is 687 g/mol. The van der Waals surface area contributed by atoms with Gasteiger partial charge in [0.25, 0.3) is 15.7 Å². The van der Waals surface area contributed by atoms with Gasteiger partial charge in [0.1, 0.15) is 17.1 Å². The Morgan fingerprint density at radius 1 is 1.11 bits per heavy atom. The molecule has 3 rings (SSSR count). The van der Waals surface area contributed by atoms with Crippen LogP contribution in [0.2, 0.25) is 36.3 Å². The number of aryl methyl sites for hydroxylation is 1. The number of nitrogens with two attached hydrogens (primary N) is 1. The summed E-state index contributed by atoms with van der Waals surface area (Å²) in [5.74, 6) is -0.767. The molecule has 13 nitrogen and oxygen atoms in total. The Hall–Kier alpha value is -2.35. The molecule has 1 saturated heterocycles. The number of hydrogen-bond donors (Lipinski definition) is 2. The number of aromatic nitrogens is 2. The highest BCUT2D eigenvalue weighted by Gasteiger charge is 2.68. The Labute approximate surface area is 267 Å². The number of allylic oxidation sites excluding steroid dienone is 1. The highest BCUT2D eigenvalue weighted by molar-refractivity contribution is 7.91. The minimum Gasteiger partial charge on any atom is -0.463 e. The lowest BCUT2D eigenvalue weighted by molar-refractivity contribution is -0.137. The fourth-order valence-electron chi connectivity index (χ4n) is 4.56. The molecular weight excluding hydrogens is 639 g/mol. The van der Waals surface area contributed by atoms with Gasteiger partial charge in [0.05, 0.1) is 18.9 Å². The van der Waals surface area contributed by atoms with E-state index in [1.54, 1.807) is 6.92 Å². The van der Waals surface area contributed by atoms with Crippen molar-refractivity contribution in [1.82, 2.24) is 9.55 Å². The third-order valence-corrected chi connectivity index (χ3v) is 19.7. The summed E-state index contributed by atoms with van der Waals surface area (Å²) in [5.41, 5.74) is 3.36. The molecule has 2 aliphatic rings. The zero-order valence-electron chi connectivity index (χ0n) is 28.4. The van der Waals surface area contributed by atoms with Crippen molar-refractivity contribution in [3.05, 3.63) is 55.4 Å². The van der Waals surface area contributed by atoms with E-state index in [1.807, 2.05) is 47.0 Å². The smallest absolute Gasteiger partial charge is 0.330 e. The third kappa shape index (κ3) is 7.01.